The second kappa shape index (κ2) is 7.88. The van der Waals surface area contributed by atoms with E-state index in [2.05, 4.69) is 15.5 Å². The summed E-state index contributed by atoms with van der Waals surface area (Å²) in [5.74, 6) is 0.957. The van der Waals surface area contributed by atoms with Crippen LogP contribution in [-0.4, -0.2) is 33.9 Å². The van der Waals surface area contributed by atoms with E-state index in [4.69, 9.17) is 4.74 Å². The van der Waals surface area contributed by atoms with E-state index in [9.17, 15) is 9.59 Å². The average molecular weight is 334 g/mol. The number of nitrogens with one attached hydrogen (secondary N) is 1. The third-order valence-electron chi connectivity index (χ3n) is 5.13. The van der Waals surface area contributed by atoms with E-state index in [1.807, 2.05) is 6.92 Å². The molecule has 132 valence electrons. The minimum Gasteiger partial charge on any atom is -0.381 e. The molecule has 2 heterocycles. The summed E-state index contributed by atoms with van der Waals surface area (Å²) in [7, 11) is 0. The first-order valence-electron chi connectivity index (χ1n) is 9.03. The maximum Gasteiger partial charge on any atom is 0.273 e. The summed E-state index contributed by atoms with van der Waals surface area (Å²) in [6.45, 7) is 3.31. The first-order valence-corrected chi connectivity index (χ1v) is 9.03. The van der Waals surface area contributed by atoms with Crippen molar-refractivity contribution < 1.29 is 9.53 Å². The largest absolute Gasteiger partial charge is 0.381 e. The molecule has 1 aliphatic carbocycles. The lowest BCUT2D eigenvalue weighted by molar-refractivity contribution is -0.126. The molecule has 7 nitrogen and oxygen atoms in total. The van der Waals surface area contributed by atoms with Gasteiger partial charge in [-0.3, -0.25) is 14.2 Å². The molecule has 1 saturated heterocycles. The summed E-state index contributed by atoms with van der Waals surface area (Å²) in [5, 5.41) is 11.2. The van der Waals surface area contributed by atoms with E-state index in [-0.39, 0.29) is 29.5 Å². The van der Waals surface area contributed by atoms with Crippen LogP contribution in [0.1, 0.15) is 69.8 Å². The van der Waals surface area contributed by atoms with Crippen molar-refractivity contribution in [3.63, 3.8) is 0 Å². The molecule has 24 heavy (non-hydrogen) atoms. The summed E-state index contributed by atoms with van der Waals surface area (Å²) >= 11 is 0. The third kappa shape index (κ3) is 3.66. The lowest BCUT2D eigenvalue weighted by Crippen LogP contribution is -2.42. The minimum atomic E-state index is -0.362. The van der Waals surface area contributed by atoms with E-state index in [0.29, 0.717) is 25.5 Å². The molecule has 2 fully saturated rings. The molecule has 3 rings (SSSR count). The zero-order valence-electron chi connectivity index (χ0n) is 14.2. The van der Waals surface area contributed by atoms with Gasteiger partial charge >= 0.3 is 0 Å². The number of carbonyl (C=O) groups excluding carboxylic acids is 1. The number of hydrogen-bond acceptors (Lipinski definition) is 5. The van der Waals surface area contributed by atoms with E-state index in [1.54, 1.807) is 4.57 Å². The van der Waals surface area contributed by atoms with E-state index in [0.717, 1.165) is 38.5 Å². The third-order valence-corrected chi connectivity index (χ3v) is 5.13. The minimum absolute atomic E-state index is 0.0565. The highest BCUT2D eigenvalue weighted by atomic mass is 16.5. The fraction of sp³-hybridized carbons (Fsp3) is 0.765. The number of ether oxygens (including phenoxy) is 1. The second-order valence-corrected chi connectivity index (χ2v) is 6.71. The van der Waals surface area contributed by atoms with Crippen LogP contribution in [0.2, 0.25) is 0 Å². The summed E-state index contributed by atoms with van der Waals surface area (Å²) in [5.41, 5.74) is -0.204. The van der Waals surface area contributed by atoms with Gasteiger partial charge in [-0.05, 0) is 32.1 Å². The Balaban J connectivity index is 1.84. The van der Waals surface area contributed by atoms with Crippen LogP contribution in [0.25, 0.3) is 0 Å². The number of amides is 1. The van der Waals surface area contributed by atoms with Crippen LogP contribution in [0.5, 0.6) is 0 Å². The number of hydrogen-bond donors (Lipinski definition) is 1. The highest BCUT2D eigenvalue weighted by molar-refractivity contribution is 5.79. The number of aromatic nitrogens is 3. The Kier molecular flexibility index (Phi) is 5.60. The van der Waals surface area contributed by atoms with Crippen molar-refractivity contribution in [3.05, 3.63) is 22.4 Å². The molecule has 1 aromatic rings. The Morgan fingerprint density at radius 1 is 1.33 bits per heavy atom. The predicted molar refractivity (Wildman–Crippen MR) is 88.5 cm³/mol. The normalized spacial score (nSPS) is 20.9. The first-order chi connectivity index (χ1) is 11.7. The first kappa shape index (κ1) is 17.1. The van der Waals surface area contributed by atoms with Crippen LogP contribution in [0.15, 0.2) is 11.0 Å². The molecule has 1 aromatic heterocycles. The highest BCUT2D eigenvalue weighted by Crippen LogP contribution is 2.27. The monoisotopic (exact) mass is 334 g/mol. The molecule has 0 radical (unpaired) electrons. The van der Waals surface area contributed by atoms with Crippen LogP contribution in [-0.2, 0) is 9.53 Å². The van der Waals surface area contributed by atoms with E-state index in [1.165, 1.54) is 6.20 Å². The Labute approximate surface area is 141 Å². The van der Waals surface area contributed by atoms with Gasteiger partial charge in [0, 0.05) is 25.0 Å². The molecule has 0 spiro atoms. The van der Waals surface area contributed by atoms with Gasteiger partial charge in [-0.15, -0.1) is 5.10 Å². The van der Waals surface area contributed by atoms with Crippen molar-refractivity contribution in [3.8, 4) is 0 Å². The van der Waals surface area contributed by atoms with Gasteiger partial charge in [0.2, 0.25) is 5.91 Å². The predicted octanol–water partition coefficient (Wildman–Crippen LogP) is 1.75. The van der Waals surface area contributed by atoms with Crippen molar-refractivity contribution in [2.75, 3.05) is 13.2 Å². The maximum atomic E-state index is 12.5. The second-order valence-electron chi connectivity index (χ2n) is 6.71. The number of nitrogens with zero attached hydrogens (tertiary/aromatic N) is 3. The molecule has 2 aliphatic rings. The Morgan fingerprint density at radius 2 is 2.04 bits per heavy atom. The molecule has 0 bridgehead atoms. The molecule has 1 N–H and O–H groups in total. The molecular formula is C17H26N4O3. The Morgan fingerprint density at radius 3 is 2.71 bits per heavy atom. The molecule has 1 aliphatic heterocycles. The molecule has 1 saturated carbocycles. The van der Waals surface area contributed by atoms with Gasteiger partial charge in [0.1, 0.15) is 18.2 Å². The van der Waals surface area contributed by atoms with Crippen molar-refractivity contribution in [1.29, 1.82) is 0 Å². The highest BCUT2D eigenvalue weighted by Gasteiger charge is 2.28. The van der Waals surface area contributed by atoms with Gasteiger partial charge in [-0.2, -0.15) is 5.10 Å². The van der Waals surface area contributed by atoms with Crippen LogP contribution >= 0.6 is 0 Å². The van der Waals surface area contributed by atoms with Crippen molar-refractivity contribution in [2.45, 2.75) is 64.0 Å². The Bertz CT molecular complexity index is 619. The number of carbonyl (C=O) groups is 1. The molecule has 0 aromatic carbocycles. The quantitative estimate of drug-likeness (QED) is 0.886. The molecule has 1 amide bonds. The molecule has 1 unspecified atom stereocenters. The van der Waals surface area contributed by atoms with Gasteiger partial charge in [-0.25, -0.2) is 0 Å². The summed E-state index contributed by atoms with van der Waals surface area (Å²) in [6.07, 6.45) is 7.26. The zero-order chi connectivity index (χ0) is 16.9. The van der Waals surface area contributed by atoms with Crippen LogP contribution in [0.3, 0.4) is 0 Å². The van der Waals surface area contributed by atoms with Gasteiger partial charge in [-0.1, -0.05) is 19.8 Å². The summed E-state index contributed by atoms with van der Waals surface area (Å²) in [6, 6.07) is 0. The fourth-order valence-electron chi connectivity index (χ4n) is 3.73. The van der Waals surface area contributed by atoms with Crippen molar-refractivity contribution in [2.24, 2.45) is 5.92 Å². The van der Waals surface area contributed by atoms with Crippen molar-refractivity contribution in [1.82, 2.24) is 20.1 Å². The smallest absolute Gasteiger partial charge is 0.273 e. The zero-order valence-corrected chi connectivity index (χ0v) is 14.2. The van der Waals surface area contributed by atoms with E-state index >= 15 is 0 Å². The lowest BCUT2D eigenvalue weighted by Gasteiger charge is -2.28. The van der Waals surface area contributed by atoms with Crippen LogP contribution in [0, 0.1) is 5.92 Å². The summed E-state index contributed by atoms with van der Waals surface area (Å²) < 4.78 is 7.04. The molecule has 1 atom stereocenters. The van der Waals surface area contributed by atoms with Crippen LogP contribution < -0.4 is 10.9 Å². The van der Waals surface area contributed by atoms with Gasteiger partial charge in [0.05, 0.1) is 0 Å². The standard InChI is InChI=1S/C17H26N4O3/c1-2-14(19-17(23)13-5-3-4-6-13)21-15(22)11-18-20-16(21)12-7-9-24-10-8-12/h11-14H,2-10H2,1H3,(H,19,23). The van der Waals surface area contributed by atoms with Gasteiger partial charge in [0.25, 0.3) is 5.56 Å². The molecule has 7 heteroatoms. The topological polar surface area (TPSA) is 86.1 Å². The van der Waals surface area contributed by atoms with Gasteiger partial charge < -0.3 is 10.1 Å². The lowest BCUT2D eigenvalue weighted by atomic mass is 9.99. The SMILES string of the molecule is CCC(NC(=O)C1CCCC1)n1c(C2CCOCC2)nncc1=O. The Hall–Kier alpha value is -1.76. The fourth-order valence-corrected chi connectivity index (χ4v) is 3.73. The maximum absolute atomic E-state index is 12.5. The summed E-state index contributed by atoms with van der Waals surface area (Å²) in [4.78, 5) is 25.0. The van der Waals surface area contributed by atoms with Gasteiger partial charge in [0.15, 0.2) is 0 Å². The molecular weight excluding hydrogens is 308 g/mol. The average Bonchev–Trinajstić information content (AvgIpc) is 3.15. The van der Waals surface area contributed by atoms with Crippen molar-refractivity contribution >= 4 is 5.91 Å². The van der Waals surface area contributed by atoms with Crippen LogP contribution in [0.4, 0.5) is 0 Å². The van der Waals surface area contributed by atoms with E-state index < -0.39 is 0 Å². The number of rotatable bonds is 5.